The molecule has 2 heterocycles. The molecule has 0 fully saturated rings. The van der Waals surface area contributed by atoms with Gasteiger partial charge in [0.2, 0.25) is 5.91 Å². The van der Waals surface area contributed by atoms with Crippen LogP contribution in [0.1, 0.15) is 67.9 Å². The van der Waals surface area contributed by atoms with Crippen molar-refractivity contribution in [3.8, 4) is 0 Å². The van der Waals surface area contributed by atoms with Crippen molar-refractivity contribution in [2.45, 2.75) is 52.7 Å². The van der Waals surface area contributed by atoms with E-state index in [1.165, 1.54) is 0 Å². The maximum atomic E-state index is 12.9. The van der Waals surface area contributed by atoms with Gasteiger partial charge in [0, 0.05) is 31.1 Å². The van der Waals surface area contributed by atoms with Crippen LogP contribution in [0, 0.1) is 5.92 Å². The summed E-state index contributed by atoms with van der Waals surface area (Å²) in [6.07, 6.45) is 0.269. The number of para-hydroxylation sites is 2. The Morgan fingerprint density at radius 1 is 1.06 bits per heavy atom. The first-order valence-electron chi connectivity index (χ1n) is 11.0. The van der Waals surface area contributed by atoms with Gasteiger partial charge < -0.3 is 14.8 Å². The van der Waals surface area contributed by atoms with E-state index in [0.29, 0.717) is 13.1 Å². The molecular weight excluding hydrogens is 388 g/mol. The molecule has 0 radical (unpaired) electrons. The van der Waals surface area contributed by atoms with Gasteiger partial charge in [0.05, 0.1) is 17.1 Å². The minimum atomic E-state index is -0.200. The van der Waals surface area contributed by atoms with Crippen LogP contribution in [0.3, 0.4) is 0 Å². The van der Waals surface area contributed by atoms with Crippen LogP contribution in [0.25, 0.3) is 11.0 Å². The lowest BCUT2D eigenvalue weighted by molar-refractivity contribution is -0.122. The summed E-state index contributed by atoms with van der Waals surface area (Å²) in [6.45, 7) is 9.43. The van der Waals surface area contributed by atoms with Gasteiger partial charge in [0.25, 0.3) is 5.91 Å². The molecule has 1 N–H and O–H groups in total. The predicted octanol–water partition coefficient (Wildman–Crippen LogP) is 4.48. The largest absolute Gasteiger partial charge is 0.346 e. The van der Waals surface area contributed by atoms with Crippen molar-refractivity contribution in [3.05, 3.63) is 65.5 Å². The maximum Gasteiger partial charge on any atom is 0.254 e. The van der Waals surface area contributed by atoms with Crippen molar-refractivity contribution in [1.29, 1.82) is 0 Å². The van der Waals surface area contributed by atoms with Crippen molar-refractivity contribution in [2.24, 2.45) is 5.92 Å². The highest BCUT2D eigenvalue weighted by atomic mass is 16.2. The topological polar surface area (TPSA) is 67.2 Å². The average Bonchev–Trinajstić information content (AvgIpc) is 3.28. The number of rotatable bonds is 7. The third-order valence-electron chi connectivity index (χ3n) is 5.91. The van der Waals surface area contributed by atoms with E-state index in [4.69, 9.17) is 4.98 Å². The Bertz CT molecular complexity index is 1120. The van der Waals surface area contributed by atoms with Gasteiger partial charge in [-0.1, -0.05) is 44.2 Å². The summed E-state index contributed by atoms with van der Waals surface area (Å²) < 4.78 is 2.21. The smallest absolute Gasteiger partial charge is 0.254 e. The van der Waals surface area contributed by atoms with Crippen LogP contribution in [-0.4, -0.2) is 32.8 Å². The molecule has 0 aliphatic carbocycles. The van der Waals surface area contributed by atoms with Gasteiger partial charge in [-0.2, -0.15) is 0 Å². The van der Waals surface area contributed by atoms with Gasteiger partial charge in [-0.25, -0.2) is 4.98 Å². The molecule has 1 aliphatic heterocycles. The summed E-state index contributed by atoms with van der Waals surface area (Å²) in [7, 11) is 0. The van der Waals surface area contributed by atoms with E-state index in [9.17, 15) is 9.59 Å². The number of carbonyl (C=O) groups excluding carboxylic acids is 2. The number of nitrogens with one attached hydrogen (secondary N) is 1. The minimum Gasteiger partial charge on any atom is -0.346 e. The van der Waals surface area contributed by atoms with Crippen LogP contribution in [0.2, 0.25) is 0 Å². The molecular formula is C25H30N4O2. The Morgan fingerprint density at radius 3 is 2.48 bits per heavy atom. The maximum absolute atomic E-state index is 12.9. The predicted molar refractivity (Wildman–Crippen MR) is 122 cm³/mol. The van der Waals surface area contributed by atoms with Crippen LogP contribution >= 0.6 is 0 Å². The fourth-order valence-corrected chi connectivity index (χ4v) is 4.33. The van der Waals surface area contributed by atoms with Crippen molar-refractivity contribution in [3.63, 3.8) is 0 Å². The molecule has 0 spiro atoms. The van der Waals surface area contributed by atoms with E-state index in [2.05, 4.69) is 43.6 Å². The first-order chi connectivity index (χ1) is 14.9. The van der Waals surface area contributed by atoms with Crippen LogP contribution in [-0.2, 0) is 11.3 Å². The van der Waals surface area contributed by atoms with Crippen LogP contribution in [0.5, 0.6) is 0 Å². The highest BCUT2D eigenvalue weighted by Gasteiger charge is 2.29. The highest BCUT2D eigenvalue weighted by molar-refractivity contribution is 5.98. The van der Waals surface area contributed by atoms with Crippen molar-refractivity contribution in [1.82, 2.24) is 19.8 Å². The van der Waals surface area contributed by atoms with E-state index < -0.39 is 0 Å². The first kappa shape index (κ1) is 21.1. The number of aromatic nitrogens is 2. The number of nitrogens with zero attached hydrogens (tertiary/aromatic N) is 3. The standard InChI is InChI=1S/C25H30N4O2/c1-16(2)23(24-26-20-11-7-8-12-21(20)29(24)17(3)4)27-22(30)13-14-28-15-18-9-5-6-10-19(18)25(28)31/h5-12,16-17,23H,13-15H2,1-4H3,(H,27,30)/t23-/m1/s1. The van der Waals surface area contributed by atoms with Crippen LogP contribution in [0.4, 0.5) is 0 Å². The van der Waals surface area contributed by atoms with E-state index in [1.54, 1.807) is 4.90 Å². The van der Waals surface area contributed by atoms with Crippen LogP contribution in [0.15, 0.2) is 48.5 Å². The van der Waals surface area contributed by atoms with E-state index in [1.807, 2.05) is 42.5 Å². The first-order valence-corrected chi connectivity index (χ1v) is 11.0. The number of hydrogen-bond acceptors (Lipinski definition) is 3. The zero-order chi connectivity index (χ0) is 22.1. The summed E-state index contributed by atoms with van der Waals surface area (Å²) in [5.74, 6) is 0.996. The molecule has 0 saturated carbocycles. The molecule has 6 heteroatoms. The third kappa shape index (κ3) is 4.07. The molecule has 1 aromatic heterocycles. The van der Waals surface area contributed by atoms with Gasteiger partial charge in [0.1, 0.15) is 5.82 Å². The molecule has 162 valence electrons. The highest BCUT2D eigenvalue weighted by Crippen LogP contribution is 2.29. The lowest BCUT2D eigenvalue weighted by atomic mass is 10.0. The summed E-state index contributed by atoms with van der Waals surface area (Å²) in [5.41, 5.74) is 3.78. The Labute approximate surface area is 183 Å². The van der Waals surface area contributed by atoms with Gasteiger partial charge >= 0.3 is 0 Å². The second-order valence-electron chi connectivity index (χ2n) is 8.85. The minimum absolute atomic E-state index is 0.00501. The Kier molecular flexibility index (Phi) is 5.81. The molecule has 1 aliphatic rings. The molecule has 2 aromatic carbocycles. The van der Waals surface area contributed by atoms with Gasteiger partial charge in [-0.3, -0.25) is 9.59 Å². The molecule has 31 heavy (non-hydrogen) atoms. The zero-order valence-corrected chi connectivity index (χ0v) is 18.6. The molecule has 6 nitrogen and oxygen atoms in total. The molecule has 1 atom stereocenters. The number of carbonyl (C=O) groups is 2. The van der Waals surface area contributed by atoms with Crippen molar-refractivity contribution < 1.29 is 9.59 Å². The quantitative estimate of drug-likeness (QED) is 0.615. The molecule has 2 amide bonds. The lowest BCUT2D eigenvalue weighted by Gasteiger charge is -2.25. The molecule has 0 saturated heterocycles. The molecule has 3 aromatic rings. The van der Waals surface area contributed by atoms with Crippen molar-refractivity contribution >= 4 is 22.8 Å². The molecule has 0 unspecified atom stereocenters. The monoisotopic (exact) mass is 418 g/mol. The summed E-state index contributed by atoms with van der Waals surface area (Å²) in [5, 5.41) is 3.19. The second-order valence-corrected chi connectivity index (χ2v) is 8.85. The van der Waals surface area contributed by atoms with Gasteiger partial charge in [-0.05, 0) is 43.5 Å². The average molecular weight is 419 g/mol. The SMILES string of the molecule is CC(C)[C@@H](NC(=O)CCN1Cc2ccccc2C1=O)c1nc2ccccc2n1C(C)C. The fraction of sp³-hybridized carbons (Fsp3) is 0.400. The summed E-state index contributed by atoms with van der Waals surface area (Å²) >= 11 is 0. The molecule has 4 rings (SSSR count). The Morgan fingerprint density at radius 2 is 1.77 bits per heavy atom. The number of amides is 2. The Hall–Kier alpha value is -3.15. The Balaban J connectivity index is 1.48. The lowest BCUT2D eigenvalue weighted by Crippen LogP contribution is -2.36. The van der Waals surface area contributed by atoms with E-state index in [-0.39, 0.29) is 36.2 Å². The van der Waals surface area contributed by atoms with E-state index >= 15 is 0 Å². The molecule has 0 bridgehead atoms. The summed E-state index contributed by atoms with van der Waals surface area (Å²) in [6, 6.07) is 15.7. The van der Waals surface area contributed by atoms with Crippen molar-refractivity contribution in [2.75, 3.05) is 6.54 Å². The van der Waals surface area contributed by atoms with Gasteiger partial charge in [-0.15, -0.1) is 0 Å². The number of benzene rings is 2. The number of hydrogen-bond donors (Lipinski definition) is 1. The fourth-order valence-electron chi connectivity index (χ4n) is 4.33. The number of imidazole rings is 1. The van der Waals surface area contributed by atoms with Gasteiger partial charge in [0.15, 0.2) is 0 Å². The third-order valence-corrected chi connectivity index (χ3v) is 5.91. The van der Waals surface area contributed by atoms with E-state index in [0.717, 1.165) is 28.0 Å². The summed E-state index contributed by atoms with van der Waals surface area (Å²) in [4.78, 5) is 32.1. The normalized spacial score (nSPS) is 14.5. The number of fused-ring (bicyclic) bond motifs is 2. The van der Waals surface area contributed by atoms with Crippen LogP contribution < -0.4 is 5.32 Å². The second kappa shape index (κ2) is 8.53. The zero-order valence-electron chi connectivity index (χ0n) is 18.6.